The molecule has 2 nitrogen and oxygen atoms in total. The van der Waals surface area contributed by atoms with Crippen LogP contribution in [0.3, 0.4) is 0 Å². The van der Waals surface area contributed by atoms with Crippen LogP contribution in [0.15, 0.2) is 12.4 Å². The zero-order valence-corrected chi connectivity index (χ0v) is 8.10. The topological polar surface area (TPSA) is 25.8 Å². The number of hydrogen-bond acceptors (Lipinski definition) is 2. The molecule has 1 aromatic rings. The third-order valence-corrected chi connectivity index (χ3v) is 1.78. The van der Waals surface area contributed by atoms with Gasteiger partial charge in [-0.25, -0.2) is 9.97 Å². The van der Waals surface area contributed by atoms with Crippen LogP contribution in [0.2, 0.25) is 5.28 Å². The molecule has 0 amide bonds. The first kappa shape index (κ1) is 9.46. The monoisotopic (exact) mass is 183 g/mol. The molecule has 0 saturated carbocycles. The van der Waals surface area contributed by atoms with E-state index < -0.39 is 0 Å². The summed E-state index contributed by atoms with van der Waals surface area (Å²) in [6, 6.07) is 0. The molecule has 0 aliphatic heterocycles. The number of halogens is 1. The maximum atomic E-state index is 5.55. The summed E-state index contributed by atoms with van der Waals surface area (Å²) in [6.45, 7) is 4.24. The minimum absolute atomic E-state index is 0.316. The molecule has 1 rings (SSSR count). The van der Waals surface area contributed by atoms with Crippen molar-refractivity contribution in [3.8, 4) is 0 Å². The van der Waals surface area contributed by atoms with Crippen LogP contribution in [-0.4, -0.2) is 9.97 Å². The van der Waals surface area contributed by atoms with Gasteiger partial charge in [-0.05, 0) is 35.9 Å². The molecule has 0 saturated heterocycles. The fourth-order valence-electron chi connectivity index (χ4n) is 0.862. The predicted molar refractivity (Wildman–Crippen MR) is 50.0 cm³/mol. The van der Waals surface area contributed by atoms with Crippen molar-refractivity contribution in [1.29, 1.82) is 0 Å². The molecule has 0 aliphatic rings. The smallest absolute Gasteiger partial charge is 0.222 e. The SMILES string of the molecule is C[C](C)CCc1cnc(Cl)nc1. The average molecular weight is 184 g/mol. The number of aryl methyl sites for hydroxylation is 1. The van der Waals surface area contributed by atoms with Crippen molar-refractivity contribution in [2.45, 2.75) is 26.7 Å². The van der Waals surface area contributed by atoms with Gasteiger partial charge >= 0.3 is 0 Å². The first-order valence-electron chi connectivity index (χ1n) is 3.94. The molecule has 0 bridgehead atoms. The van der Waals surface area contributed by atoms with E-state index in [0.29, 0.717) is 5.28 Å². The highest BCUT2D eigenvalue weighted by atomic mass is 35.5. The fraction of sp³-hybridized carbons (Fsp3) is 0.444. The van der Waals surface area contributed by atoms with Gasteiger partial charge in [0.15, 0.2) is 0 Å². The lowest BCUT2D eigenvalue weighted by atomic mass is 10.1. The second-order valence-corrected chi connectivity index (χ2v) is 3.41. The number of hydrogen-bond donors (Lipinski definition) is 0. The van der Waals surface area contributed by atoms with Gasteiger partial charge in [0.2, 0.25) is 5.28 Å². The maximum absolute atomic E-state index is 5.55. The normalized spacial score (nSPS) is 10.7. The number of rotatable bonds is 3. The molecule has 0 spiro atoms. The lowest BCUT2D eigenvalue weighted by molar-refractivity contribution is 0.822. The summed E-state index contributed by atoms with van der Waals surface area (Å²) < 4.78 is 0. The van der Waals surface area contributed by atoms with Crippen molar-refractivity contribution >= 4 is 11.6 Å². The standard InChI is InChI=1S/C9H12ClN2/c1-7(2)3-4-8-5-11-9(10)12-6-8/h5-6H,3-4H2,1-2H3. The Labute approximate surface area is 78.0 Å². The molecule has 0 unspecified atom stereocenters. The van der Waals surface area contributed by atoms with Crippen LogP contribution in [-0.2, 0) is 6.42 Å². The van der Waals surface area contributed by atoms with Gasteiger partial charge in [0.1, 0.15) is 0 Å². The lowest BCUT2D eigenvalue weighted by Crippen LogP contribution is -1.92. The molecule has 3 heteroatoms. The molecule has 0 aliphatic carbocycles. The van der Waals surface area contributed by atoms with E-state index in [2.05, 4.69) is 23.8 Å². The number of aromatic nitrogens is 2. The summed E-state index contributed by atoms with van der Waals surface area (Å²) in [4.78, 5) is 7.80. The first-order valence-corrected chi connectivity index (χ1v) is 4.32. The summed E-state index contributed by atoms with van der Waals surface area (Å²) in [5.74, 6) is 1.42. The van der Waals surface area contributed by atoms with Crippen molar-refractivity contribution in [2.75, 3.05) is 0 Å². The Kier molecular flexibility index (Phi) is 3.48. The van der Waals surface area contributed by atoms with E-state index in [-0.39, 0.29) is 0 Å². The second kappa shape index (κ2) is 4.41. The summed E-state index contributed by atoms with van der Waals surface area (Å²) >= 11 is 5.55. The van der Waals surface area contributed by atoms with Gasteiger partial charge in [-0.3, -0.25) is 0 Å². The molecule has 1 radical (unpaired) electrons. The van der Waals surface area contributed by atoms with E-state index in [1.807, 2.05) is 0 Å². The van der Waals surface area contributed by atoms with E-state index in [9.17, 15) is 0 Å². The van der Waals surface area contributed by atoms with Gasteiger partial charge < -0.3 is 0 Å². The van der Waals surface area contributed by atoms with Gasteiger partial charge in [0, 0.05) is 12.4 Å². The van der Waals surface area contributed by atoms with Crippen LogP contribution >= 0.6 is 11.6 Å². The van der Waals surface area contributed by atoms with Crippen LogP contribution in [0, 0.1) is 5.92 Å². The van der Waals surface area contributed by atoms with Crippen molar-refractivity contribution < 1.29 is 0 Å². The Morgan fingerprint density at radius 3 is 2.42 bits per heavy atom. The Bertz CT molecular complexity index is 231. The van der Waals surface area contributed by atoms with Crippen molar-refractivity contribution in [2.24, 2.45) is 0 Å². The minimum Gasteiger partial charge on any atom is -0.226 e. The predicted octanol–water partition coefficient (Wildman–Crippen LogP) is 2.68. The van der Waals surface area contributed by atoms with E-state index in [1.165, 1.54) is 5.92 Å². The van der Waals surface area contributed by atoms with Crippen LogP contribution in [0.25, 0.3) is 0 Å². The van der Waals surface area contributed by atoms with Gasteiger partial charge in [0.05, 0.1) is 0 Å². The Balaban J connectivity index is 2.48. The van der Waals surface area contributed by atoms with E-state index >= 15 is 0 Å². The molecular formula is C9H12ClN2. The molecule has 65 valence electrons. The lowest BCUT2D eigenvalue weighted by Gasteiger charge is -2.02. The molecule has 0 atom stereocenters. The maximum Gasteiger partial charge on any atom is 0.222 e. The van der Waals surface area contributed by atoms with Gasteiger partial charge in [0.25, 0.3) is 0 Å². The molecule has 0 N–H and O–H groups in total. The van der Waals surface area contributed by atoms with Crippen LogP contribution in [0.4, 0.5) is 0 Å². The number of nitrogens with zero attached hydrogens (tertiary/aromatic N) is 2. The van der Waals surface area contributed by atoms with E-state index in [1.54, 1.807) is 12.4 Å². The van der Waals surface area contributed by atoms with Gasteiger partial charge in [-0.15, -0.1) is 0 Å². The van der Waals surface area contributed by atoms with Gasteiger partial charge in [-0.1, -0.05) is 13.8 Å². The minimum atomic E-state index is 0.316. The van der Waals surface area contributed by atoms with Crippen LogP contribution in [0.5, 0.6) is 0 Å². The highest BCUT2D eigenvalue weighted by molar-refractivity contribution is 6.28. The molecular weight excluding hydrogens is 172 g/mol. The van der Waals surface area contributed by atoms with Crippen molar-refractivity contribution in [3.63, 3.8) is 0 Å². The largest absolute Gasteiger partial charge is 0.226 e. The molecule has 12 heavy (non-hydrogen) atoms. The summed E-state index contributed by atoms with van der Waals surface area (Å²) in [5, 5.41) is 0.316. The average Bonchev–Trinajstić information content (AvgIpc) is 2.03. The van der Waals surface area contributed by atoms with Crippen molar-refractivity contribution in [1.82, 2.24) is 9.97 Å². The summed E-state index contributed by atoms with van der Waals surface area (Å²) in [7, 11) is 0. The second-order valence-electron chi connectivity index (χ2n) is 3.07. The third kappa shape index (κ3) is 3.18. The molecule has 0 aromatic carbocycles. The third-order valence-electron chi connectivity index (χ3n) is 1.59. The highest BCUT2D eigenvalue weighted by Gasteiger charge is 1.98. The van der Waals surface area contributed by atoms with E-state index in [0.717, 1.165) is 18.4 Å². The fourth-order valence-corrected chi connectivity index (χ4v) is 0.960. The summed E-state index contributed by atoms with van der Waals surface area (Å²) in [6.07, 6.45) is 5.64. The zero-order valence-electron chi connectivity index (χ0n) is 7.34. The Morgan fingerprint density at radius 1 is 1.33 bits per heavy atom. The highest BCUT2D eigenvalue weighted by Crippen LogP contribution is 2.09. The first-order chi connectivity index (χ1) is 5.68. The molecule has 1 heterocycles. The van der Waals surface area contributed by atoms with Gasteiger partial charge in [-0.2, -0.15) is 0 Å². The van der Waals surface area contributed by atoms with Crippen molar-refractivity contribution in [3.05, 3.63) is 29.2 Å². The molecule has 1 aromatic heterocycles. The van der Waals surface area contributed by atoms with E-state index in [4.69, 9.17) is 11.6 Å². The van der Waals surface area contributed by atoms with Crippen LogP contribution in [0.1, 0.15) is 25.8 Å². The quantitative estimate of drug-likeness (QED) is 0.674. The molecule has 0 fully saturated rings. The van der Waals surface area contributed by atoms with Crippen LogP contribution < -0.4 is 0 Å². The Morgan fingerprint density at radius 2 is 1.92 bits per heavy atom. The Hall–Kier alpha value is -0.630. The zero-order chi connectivity index (χ0) is 8.97. The summed E-state index contributed by atoms with van der Waals surface area (Å²) in [5.41, 5.74) is 1.14.